The van der Waals surface area contributed by atoms with Crippen molar-refractivity contribution < 1.29 is 9.53 Å². The summed E-state index contributed by atoms with van der Waals surface area (Å²) in [6.45, 7) is 13.2. The molecule has 11 heteroatoms. The Morgan fingerprint density at radius 3 is 2.64 bits per heavy atom. The number of hydrogen-bond donors (Lipinski definition) is 2. The molecule has 4 aromatic rings. The van der Waals surface area contributed by atoms with Gasteiger partial charge in [-0.05, 0) is 75.6 Å². The molecule has 0 bridgehead atoms. The fourth-order valence-electron chi connectivity index (χ4n) is 6.00. The second-order valence-electron chi connectivity index (χ2n) is 11.3. The standard InChI is InChI=1S/C31H40N8O2S/c1-4-37(5-2)22(3)17-32-30(40)23-15-26(24-18-34-39-13-10-25(36-29(24)39)27-9-8-14-42-27)35-28(16-23)33-19-31(20-41-21-31)38-11-6-7-12-38/h8-10,13-16,18,22H,4-7,11-12,17,19-21H2,1-3H3,(H,32,40)(H,33,35)/t22-/m0/s1. The van der Waals surface area contributed by atoms with E-state index in [9.17, 15) is 4.79 Å². The number of likely N-dealkylation sites (N-methyl/N-ethyl adjacent to an activating group) is 1. The first-order chi connectivity index (χ1) is 20.5. The van der Waals surface area contributed by atoms with Gasteiger partial charge < -0.3 is 15.4 Å². The molecule has 2 aliphatic heterocycles. The highest BCUT2D eigenvalue weighted by Gasteiger charge is 2.44. The predicted octanol–water partition coefficient (Wildman–Crippen LogP) is 4.26. The molecule has 6 rings (SSSR count). The van der Waals surface area contributed by atoms with Crippen LogP contribution in [-0.4, -0.2) is 99.4 Å². The number of nitrogens with zero attached hydrogens (tertiary/aromatic N) is 6. The van der Waals surface area contributed by atoms with Gasteiger partial charge in [0.1, 0.15) is 5.82 Å². The maximum atomic E-state index is 13.5. The van der Waals surface area contributed by atoms with Gasteiger partial charge in [-0.1, -0.05) is 19.9 Å². The number of carbonyl (C=O) groups excluding carboxylic acids is 1. The number of ether oxygens (including phenoxy) is 1. The number of anilines is 1. The number of hydrogen-bond acceptors (Lipinski definition) is 9. The number of nitrogens with one attached hydrogen (secondary N) is 2. The third-order valence-electron chi connectivity index (χ3n) is 8.62. The second kappa shape index (κ2) is 12.5. The van der Waals surface area contributed by atoms with Crippen LogP contribution in [0.2, 0.25) is 0 Å². The van der Waals surface area contributed by atoms with Crippen molar-refractivity contribution >= 4 is 28.7 Å². The summed E-state index contributed by atoms with van der Waals surface area (Å²) in [5, 5.41) is 13.3. The second-order valence-corrected chi connectivity index (χ2v) is 12.2. The quantitative estimate of drug-likeness (QED) is 0.253. The number of carbonyl (C=O) groups is 1. The summed E-state index contributed by atoms with van der Waals surface area (Å²) in [5.41, 5.74) is 3.56. The van der Waals surface area contributed by atoms with Crippen LogP contribution in [0.5, 0.6) is 0 Å². The summed E-state index contributed by atoms with van der Waals surface area (Å²) in [6.07, 6.45) is 6.14. The zero-order chi connectivity index (χ0) is 29.1. The van der Waals surface area contributed by atoms with Crippen molar-refractivity contribution in [2.75, 3.05) is 57.8 Å². The van der Waals surface area contributed by atoms with E-state index in [1.54, 1.807) is 22.0 Å². The number of pyridine rings is 1. The summed E-state index contributed by atoms with van der Waals surface area (Å²) < 4.78 is 7.43. The minimum Gasteiger partial charge on any atom is -0.377 e. The monoisotopic (exact) mass is 588 g/mol. The molecule has 42 heavy (non-hydrogen) atoms. The first kappa shape index (κ1) is 28.7. The molecular formula is C31H40N8O2S. The van der Waals surface area contributed by atoms with E-state index in [4.69, 9.17) is 14.7 Å². The van der Waals surface area contributed by atoms with Crippen molar-refractivity contribution in [3.8, 4) is 21.8 Å². The van der Waals surface area contributed by atoms with Crippen LogP contribution in [0.15, 0.2) is 48.1 Å². The van der Waals surface area contributed by atoms with E-state index < -0.39 is 0 Å². The highest BCUT2D eigenvalue weighted by molar-refractivity contribution is 7.13. The average molecular weight is 589 g/mol. The number of fused-ring (bicyclic) bond motifs is 1. The lowest BCUT2D eigenvalue weighted by molar-refractivity contribution is -0.125. The van der Waals surface area contributed by atoms with E-state index in [1.807, 2.05) is 35.8 Å². The largest absolute Gasteiger partial charge is 0.377 e. The molecule has 1 amide bonds. The van der Waals surface area contributed by atoms with Crippen LogP contribution in [-0.2, 0) is 4.74 Å². The van der Waals surface area contributed by atoms with Gasteiger partial charge in [-0.25, -0.2) is 14.5 Å². The van der Waals surface area contributed by atoms with E-state index in [2.05, 4.69) is 52.4 Å². The fraction of sp³-hybridized carbons (Fsp3) is 0.484. The number of aromatic nitrogens is 4. The highest BCUT2D eigenvalue weighted by Crippen LogP contribution is 2.31. The Labute approximate surface area is 251 Å². The molecule has 0 saturated carbocycles. The molecular weight excluding hydrogens is 548 g/mol. The third-order valence-corrected chi connectivity index (χ3v) is 9.51. The molecule has 0 spiro atoms. The van der Waals surface area contributed by atoms with E-state index in [0.29, 0.717) is 49.0 Å². The van der Waals surface area contributed by atoms with Gasteiger partial charge in [0, 0.05) is 30.9 Å². The van der Waals surface area contributed by atoms with Crippen LogP contribution in [0.4, 0.5) is 5.82 Å². The maximum Gasteiger partial charge on any atom is 0.251 e. The fourth-order valence-corrected chi connectivity index (χ4v) is 6.70. The molecule has 0 radical (unpaired) electrons. The minimum atomic E-state index is -0.120. The Bertz CT molecular complexity index is 1510. The zero-order valence-electron chi connectivity index (χ0n) is 24.7. The van der Waals surface area contributed by atoms with E-state index >= 15 is 0 Å². The normalized spacial score (nSPS) is 17.4. The Balaban J connectivity index is 1.31. The first-order valence-corrected chi connectivity index (χ1v) is 15.9. The van der Waals surface area contributed by atoms with Gasteiger partial charge >= 0.3 is 0 Å². The molecule has 1 atom stereocenters. The molecule has 2 saturated heterocycles. The number of thiophene rings is 1. The Morgan fingerprint density at radius 2 is 1.95 bits per heavy atom. The van der Waals surface area contributed by atoms with Crippen molar-refractivity contribution in [1.82, 2.24) is 34.7 Å². The van der Waals surface area contributed by atoms with E-state index in [1.165, 1.54) is 12.8 Å². The lowest BCUT2D eigenvalue weighted by Crippen LogP contribution is -2.65. The molecule has 10 nitrogen and oxygen atoms in total. The summed E-state index contributed by atoms with van der Waals surface area (Å²) in [4.78, 5) is 29.4. The molecule has 4 aromatic heterocycles. The van der Waals surface area contributed by atoms with Crippen molar-refractivity contribution in [3.05, 3.63) is 53.7 Å². The van der Waals surface area contributed by atoms with Gasteiger partial charge in [0.2, 0.25) is 0 Å². The van der Waals surface area contributed by atoms with Gasteiger partial charge in [0.25, 0.3) is 5.91 Å². The van der Waals surface area contributed by atoms with Crippen LogP contribution in [0, 0.1) is 0 Å². The van der Waals surface area contributed by atoms with Crippen LogP contribution >= 0.6 is 11.3 Å². The lowest BCUT2D eigenvalue weighted by Gasteiger charge is -2.48. The van der Waals surface area contributed by atoms with E-state index in [0.717, 1.165) is 42.3 Å². The molecule has 0 aromatic carbocycles. The minimum absolute atomic E-state index is 0.0304. The average Bonchev–Trinajstić information content (AvgIpc) is 3.78. The molecule has 2 N–H and O–H groups in total. The first-order valence-electron chi connectivity index (χ1n) is 15.0. The summed E-state index contributed by atoms with van der Waals surface area (Å²) >= 11 is 1.65. The van der Waals surface area contributed by atoms with Crippen LogP contribution < -0.4 is 10.6 Å². The maximum absolute atomic E-state index is 13.5. The van der Waals surface area contributed by atoms with Crippen LogP contribution in [0.3, 0.4) is 0 Å². The van der Waals surface area contributed by atoms with Crippen molar-refractivity contribution in [2.24, 2.45) is 0 Å². The Hall–Kier alpha value is -3.38. The van der Waals surface area contributed by atoms with Gasteiger partial charge in [-0.3, -0.25) is 14.6 Å². The molecule has 222 valence electrons. The zero-order valence-corrected chi connectivity index (χ0v) is 25.5. The predicted molar refractivity (Wildman–Crippen MR) is 167 cm³/mol. The number of amides is 1. The summed E-state index contributed by atoms with van der Waals surface area (Å²) in [6, 6.07) is 9.99. The van der Waals surface area contributed by atoms with Gasteiger partial charge in [0.15, 0.2) is 5.65 Å². The third kappa shape index (κ3) is 5.78. The number of rotatable bonds is 12. The van der Waals surface area contributed by atoms with Crippen LogP contribution in [0.1, 0.15) is 44.0 Å². The van der Waals surface area contributed by atoms with Crippen molar-refractivity contribution in [3.63, 3.8) is 0 Å². The summed E-state index contributed by atoms with van der Waals surface area (Å²) in [5.74, 6) is 0.541. The van der Waals surface area contributed by atoms with Crippen LogP contribution in [0.25, 0.3) is 27.5 Å². The molecule has 0 unspecified atom stereocenters. The molecule has 0 aliphatic carbocycles. The SMILES string of the molecule is CCN(CC)[C@@H](C)CNC(=O)c1cc(NCC2(N3CCCC3)COC2)nc(-c2cnn3ccc(-c4cccs4)nc23)c1. The smallest absolute Gasteiger partial charge is 0.251 e. The highest BCUT2D eigenvalue weighted by atomic mass is 32.1. The van der Waals surface area contributed by atoms with Gasteiger partial charge in [-0.2, -0.15) is 5.10 Å². The topological polar surface area (TPSA) is 99.9 Å². The van der Waals surface area contributed by atoms with Gasteiger partial charge in [-0.15, -0.1) is 11.3 Å². The van der Waals surface area contributed by atoms with E-state index in [-0.39, 0.29) is 17.5 Å². The molecule has 6 heterocycles. The molecule has 2 aliphatic rings. The van der Waals surface area contributed by atoms with Crippen molar-refractivity contribution in [2.45, 2.75) is 45.2 Å². The lowest BCUT2D eigenvalue weighted by atomic mass is 9.95. The summed E-state index contributed by atoms with van der Waals surface area (Å²) in [7, 11) is 0. The Morgan fingerprint density at radius 1 is 1.14 bits per heavy atom. The van der Waals surface area contributed by atoms with Crippen molar-refractivity contribution in [1.29, 1.82) is 0 Å². The Kier molecular flexibility index (Phi) is 8.53. The number of likely N-dealkylation sites (tertiary alicyclic amines) is 1. The van der Waals surface area contributed by atoms with Gasteiger partial charge in [0.05, 0.1) is 46.8 Å². The molecule has 2 fully saturated rings.